The van der Waals surface area contributed by atoms with E-state index in [9.17, 15) is 15.0 Å². The molecule has 38 heavy (non-hydrogen) atoms. The largest absolute Gasteiger partial charge is 0.491 e. The van der Waals surface area contributed by atoms with Gasteiger partial charge in [0.15, 0.2) is 5.69 Å². The molecule has 2 N–H and O–H groups in total. The molecule has 5 rings (SSSR count). The van der Waals surface area contributed by atoms with E-state index in [4.69, 9.17) is 14.5 Å². The van der Waals surface area contributed by atoms with Crippen molar-refractivity contribution in [2.75, 3.05) is 33.0 Å². The number of aromatic nitrogens is 2. The minimum Gasteiger partial charge on any atom is -0.491 e. The van der Waals surface area contributed by atoms with Crippen molar-refractivity contribution in [1.29, 1.82) is 0 Å². The molecule has 0 radical (unpaired) electrons. The van der Waals surface area contributed by atoms with E-state index >= 15 is 0 Å². The van der Waals surface area contributed by atoms with Gasteiger partial charge >= 0.3 is 0 Å². The van der Waals surface area contributed by atoms with Gasteiger partial charge in [-0.25, -0.2) is 4.98 Å². The van der Waals surface area contributed by atoms with Crippen LogP contribution in [0.2, 0.25) is 0 Å². The molecule has 2 aromatic carbocycles. The lowest BCUT2D eigenvalue weighted by Crippen LogP contribution is -2.53. The second-order valence-electron chi connectivity index (χ2n) is 10.4. The average molecular weight is 520 g/mol. The zero-order valence-corrected chi connectivity index (χ0v) is 22.1. The van der Waals surface area contributed by atoms with Crippen molar-refractivity contribution < 1.29 is 24.5 Å². The fraction of sp³-hybridized carbons (Fsp3) is 0.500. The summed E-state index contributed by atoms with van der Waals surface area (Å²) < 4.78 is 11.2. The first kappa shape index (κ1) is 26.4. The van der Waals surface area contributed by atoms with Crippen LogP contribution < -0.4 is 4.74 Å². The molecule has 8 heteroatoms. The summed E-state index contributed by atoms with van der Waals surface area (Å²) in [4.78, 5) is 24.6. The summed E-state index contributed by atoms with van der Waals surface area (Å²) in [6.07, 6.45) is 6.37. The molecular formula is C30H37N3O5. The van der Waals surface area contributed by atoms with E-state index in [-0.39, 0.29) is 47.8 Å². The van der Waals surface area contributed by atoms with Gasteiger partial charge in [-0.3, -0.25) is 4.79 Å². The molecule has 1 aromatic heterocycles. The first-order valence-electron chi connectivity index (χ1n) is 13.8. The number of nitrogens with zero attached hydrogens (tertiary/aromatic N) is 3. The van der Waals surface area contributed by atoms with Crippen molar-refractivity contribution in [3.05, 3.63) is 59.5 Å². The molecule has 0 bridgehead atoms. The third kappa shape index (κ3) is 5.20. The summed E-state index contributed by atoms with van der Waals surface area (Å²) in [7, 11) is 0. The van der Waals surface area contributed by atoms with Crippen LogP contribution in [0.1, 0.15) is 67.3 Å². The van der Waals surface area contributed by atoms with Crippen molar-refractivity contribution >= 4 is 16.7 Å². The Morgan fingerprint density at radius 3 is 2.61 bits per heavy atom. The SMILES string of the molecule is CCCCOc1c(O)nc(CC2(c3cccc4ccccc34)CCCC2)nc1C(=O)N(CCO)C1COC1. The molecule has 0 unspecified atom stereocenters. The van der Waals surface area contributed by atoms with Gasteiger partial charge in [0.25, 0.3) is 11.8 Å². The monoisotopic (exact) mass is 519 g/mol. The lowest BCUT2D eigenvalue weighted by Gasteiger charge is -2.37. The highest BCUT2D eigenvalue weighted by Crippen LogP contribution is 2.46. The Kier molecular flexibility index (Phi) is 8.09. The van der Waals surface area contributed by atoms with Gasteiger partial charge in [-0.2, -0.15) is 4.98 Å². The average Bonchev–Trinajstić information content (AvgIpc) is 3.37. The van der Waals surface area contributed by atoms with Gasteiger partial charge in [0.05, 0.1) is 32.5 Å². The molecule has 202 valence electrons. The summed E-state index contributed by atoms with van der Waals surface area (Å²) in [5.74, 6) is -0.254. The van der Waals surface area contributed by atoms with Crippen LogP contribution >= 0.6 is 0 Å². The highest BCUT2D eigenvalue weighted by Gasteiger charge is 2.39. The lowest BCUT2D eigenvalue weighted by molar-refractivity contribution is -0.0572. The van der Waals surface area contributed by atoms with E-state index in [2.05, 4.69) is 47.4 Å². The van der Waals surface area contributed by atoms with E-state index in [1.165, 1.54) is 16.3 Å². The molecular weight excluding hydrogens is 482 g/mol. The quantitative estimate of drug-likeness (QED) is 0.362. The van der Waals surface area contributed by atoms with Crippen LogP contribution in [0.15, 0.2) is 42.5 Å². The summed E-state index contributed by atoms with van der Waals surface area (Å²) in [5.41, 5.74) is 1.13. The normalized spacial score (nSPS) is 16.9. The minimum atomic E-state index is -0.386. The van der Waals surface area contributed by atoms with Gasteiger partial charge in [0.2, 0.25) is 5.75 Å². The number of fused-ring (bicyclic) bond motifs is 1. The van der Waals surface area contributed by atoms with Gasteiger partial charge in [-0.15, -0.1) is 0 Å². The Morgan fingerprint density at radius 1 is 1.13 bits per heavy atom. The molecule has 1 saturated carbocycles. The van der Waals surface area contributed by atoms with E-state index in [1.807, 2.05) is 6.92 Å². The molecule has 2 aliphatic rings. The number of unbranched alkanes of at least 4 members (excludes halogenated alkanes) is 1. The predicted octanol–water partition coefficient (Wildman–Crippen LogP) is 4.40. The summed E-state index contributed by atoms with van der Waals surface area (Å²) >= 11 is 0. The molecule has 1 amide bonds. The molecule has 1 saturated heterocycles. The van der Waals surface area contributed by atoms with Crippen LogP contribution in [-0.4, -0.2) is 70.0 Å². The number of benzene rings is 2. The van der Waals surface area contributed by atoms with Crippen molar-refractivity contribution in [2.24, 2.45) is 0 Å². The molecule has 2 fully saturated rings. The van der Waals surface area contributed by atoms with Crippen molar-refractivity contribution in [3.63, 3.8) is 0 Å². The smallest absolute Gasteiger partial charge is 0.277 e. The number of aliphatic hydroxyl groups is 1. The number of ether oxygens (including phenoxy) is 2. The van der Waals surface area contributed by atoms with Gasteiger partial charge < -0.3 is 24.6 Å². The molecule has 1 aliphatic carbocycles. The number of aromatic hydroxyl groups is 1. The molecule has 8 nitrogen and oxygen atoms in total. The third-order valence-corrected chi connectivity index (χ3v) is 7.92. The lowest BCUT2D eigenvalue weighted by atomic mass is 9.74. The van der Waals surface area contributed by atoms with Crippen molar-refractivity contribution in [2.45, 2.75) is 63.3 Å². The van der Waals surface area contributed by atoms with Crippen molar-refractivity contribution in [1.82, 2.24) is 14.9 Å². The van der Waals surface area contributed by atoms with E-state index in [0.29, 0.717) is 32.1 Å². The zero-order valence-electron chi connectivity index (χ0n) is 22.1. The van der Waals surface area contributed by atoms with Crippen LogP contribution in [0, 0.1) is 0 Å². The topological polar surface area (TPSA) is 105 Å². The second-order valence-corrected chi connectivity index (χ2v) is 10.4. The maximum absolute atomic E-state index is 13.8. The number of aliphatic hydroxyl groups excluding tert-OH is 1. The Balaban J connectivity index is 1.55. The Labute approximate surface area is 223 Å². The van der Waals surface area contributed by atoms with Crippen LogP contribution in [-0.2, 0) is 16.6 Å². The number of rotatable bonds is 11. The number of hydrogen-bond donors (Lipinski definition) is 2. The van der Waals surface area contributed by atoms with E-state index < -0.39 is 0 Å². The molecule has 1 aliphatic heterocycles. The number of hydrogen-bond acceptors (Lipinski definition) is 7. The minimum absolute atomic E-state index is 0.0148. The van der Waals surface area contributed by atoms with Crippen molar-refractivity contribution in [3.8, 4) is 11.6 Å². The van der Waals surface area contributed by atoms with Gasteiger partial charge in [-0.1, -0.05) is 68.7 Å². The Morgan fingerprint density at radius 2 is 1.89 bits per heavy atom. The Bertz CT molecular complexity index is 1260. The van der Waals surface area contributed by atoms with Crippen LogP contribution in [0.3, 0.4) is 0 Å². The maximum Gasteiger partial charge on any atom is 0.277 e. The third-order valence-electron chi connectivity index (χ3n) is 7.92. The number of carbonyl (C=O) groups is 1. The molecule has 2 heterocycles. The van der Waals surface area contributed by atoms with Gasteiger partial charge in [0.1, 0.15) is 5.82 Å². The summed E-state index contributed by atoms with van der Waals surface area (Å²) in [6.45, 7) is 3.18. The number of carbonyl (C=O) groups excluding carboxylic acids is 1. The highest BCUT2D eigenvalue weighted by molar-refractivity contribution is 5.96. The van der Waals surface area contributed by atoms with Crippen LogP contribution in [0.4, 0.5) is 0 Å². The Hall–Kier alpha value is -3.23. The fourth-order valence-corrected chi connectivity index (χ4v) is 5.84. The summed E-state index contributed by atoms with van der Waals surface area (Å²) in [6, 6.07) is 14.7. The highest BCUT2D eigenvalue weighted by atomic mass is 16.5. The van der Waals surface area contributed by atoms with Gasteiger partial charge in [-0.05, 0) is 35.6 Å². The fourth-order valence-electron chi connectivity index (χ4n) is 5.84. The van der Waals surface area contributed by atoms with Gasteiger partial charge in [0, 0.05) is 18.4 Å². The second kappa shape index (κ2) is 11.7. The number of amides is 1. The first-order chi connectivity index (χ1) is 18.6. The van der Waals surface area contributed by atoms with Crippen LogP contribution in [0.5, 0.6) is 11.6 Å². The standard InChI is InChI=1S/C30H37N3O5/c1-2-3-17-38-27-26(29(36)33(15-16-34)22-19-37-20-22)31-25(32-28(27)35)18-30(13-6-7-14-30)24-12-8-10-21-9-4-5-11-23(21)24/h4-5,8-12,22,34H,2-3,6-7,13-20H2,1H3,(H,31,32,35). The maximum atomic E-state index is 13.8. The van der Waals surface area contributed by atoms with Crippen LogP contribution in [0.25, 0.3) is 10.8 Å². The first-order valence-corrected chi connectivity index (χ1v) is 13.8. The molecule has 3 aromatic rings. The zero-order chi connectivity index (χ0) is 26.5. The molecule has 0 spiro atoms. The molecule has 0 atom stereocenters. The summed E-state index contributed by atoms with van der Waals surface area (Å²) in [5, 5.41) is 23.1. The predicted molar refractivity (Wildman–Crippen MR) is 145 cm³/mol. The van der Waals surface area contributed by atoms with E-state index in [1.54, 1.807) is 4.90 Å². The van der Waals surface area contributed by atoms with E-state index in [0.717, 1.165) is 38.5 Å².